The second kappa shape index (κ2) is 7.67. The lowest BCUT2D eigenvalue weighted by atomic mass is 9.93. The van der Waals surface area contributed by atoms with Crippen LogP contribution in [0.5, 0.6) is 0 Å². The third kappa shape index (κ3) is 5.04. The van der Waals surface area contributed by atoms with Gasteiger partial charge in [0, 0.05) is 12.6 Å². The van der Waals surface area contributed by atoms with Crippen LogP contribution in [0, 0.1) is 0 Å². The molecule has 1 fully saturated rings. The summed E-state index contributed by atoms with van der Waals surface area (Å²) in [5, 5.41) is 2.88. The maximum Gasteiger partial charge on any atom is 0.248 e. The molecule has 17 heavy (non-hydrogen) atoms. The highest BCUT2D eigenvalue weighted by atomic mass is 16.5. The van der Waals surface area contributed by atoms with Crippen molar-refractivity contribution in [3.05, 3.63) is 0 Å². The fraction of sp³-hybridized carbons (Fsp3) is 0.923. The van der Waals surface area contributed by atoms with Gasteiger partial charge in [0.05, 0.1) is 6.10 Å². The highest BCUT2D eigenvalue weighted by Crippen LogP contribution is 2.20. The molecular formula is C13H26N2O2. The van der Waals surface area contributed by atoms with E-state index in [1.807, 2.05) is 6.92 Å². The van der Waals surface area contributed by atoms with Gasteiger partial charge < -0.3 is 15.8 Å². The van der Waals surface area contributed by atoms with Crippen molar-refractivity contribution in [2.45, 2.75) is 70.6 Å². The van der Waals surface area contributed by atoms with E-state index in [9.17, 15) is 4.79 Å². The van der Waals surface area contributed by atoms with Gasteiger partial charge in [0.25, 0.3) is 0 Å². The zero-order valence-corrected chi connectivity index (χ0v) is 11.1. The molecule has 3 unspecified atom stereocenters. The maximum atomic E-state index is 11.7. The fourth-order valence-electron chi connectivity index (χ4n) is 2.15. The third-order valence-corrected chi connectivity index (χ3v) is 3.33. The minimum atomic E-state index is -0.388. The molecule has 0 aromatic rings. The van der Waals surface area contributed by atoms with Crippen LogP contribution in [0.4, 0.5) is 0 Å². The summed E-state index contributed by atoms with van der Waals surface area (Å²) in [6.07, 6.45) is 6.09. The Kier molecular flexibility index (Phi) is 6.52. The van der Waals surface area contributed by atoms with E-state index in [4.69, 9.17) is 10.5 Å². The van der Waals surface area contributed by atoms with Gasteiger partial charge in [-0.2, -0.15) is 0 Å². The van der Waals surface area contributed by atoms with Crippen molar-refractivity contribution >= 4 is 5.91 Å². The Balaban J connectivity index is 2.26. The quantitative estimate of drug-likeness (QED) is 0.695. The van der Waals surface area contributed by atoms with Crippen molar-refractivity contribution in [2.24, 2.45) is 5.73 Å². The summed E-state index contributed by atoms with van der Waals surface area (Å²) in [6.45, 7) is 4.65. The van der Waals surface area contributed by atoms with Crippen molar-refractivity contribution < 1.29 is 9.53 Å². The average Bonchev–Trinajstić information content (AvgIpc) is 2.32. The van der Waals surface area contributed by atoms with Gasteiger partial charge in [0.1, 0.15) is 6.10 Å². The van der Waals surface area contributed by atoms with E-state index >= 15 is 0 Å². The molecule has 1 aliphatic carbocycles. The second-order valence-corrected chi connectivity index (χ2v) is 4.91. The largest absolute Gasteiger partial charge is 0.364 e. The van der Waals surface area contributed by atoms with Crippen molar-refractivity contribution in [2.75, 3.05) is 6.54 Å². The molecule has 0 saturated heterocycles. The molecule has 4 nitrogen and oxygen atoms in total. The first-order chi connectivity index (χ1) is 8.15. The lowest BCUT2D eigenvalue weighted by Gasteiger charge is -2.30. The Morgan fingerprint density at radius 2 is 2.18 bits per heavy atom. The average molecular weight is 242 g/mol. The van der Waals surface area contributed by atoms with E-state index in [-0.39, 0.29) is 24.2 Å². The molecule has 4 heteroatoms. The molecule has 3 N–H and O–H groups in total. The van der Waals surface area contributed by atoms with E-state index in [1.54, 1.807) is 0 Å². The lowest BCUT2D eigenvalue weighted by Crippen LogP contribution is -2.44. The summed E-state index contributed by atoms with van der Waals surface area (Å²) in [4.78, 5) is 11.7. The number of nitrogens with two attached hydrogens (primary N) is 1. The van der Waals surface area contributed by atoms with Crippen LogP contribution in [0.2, 0.25) is 0 Å². The Morgan fingerprint density at radius 3 is 2.82 bits per heavy atom. The Labute approximate surface area is 104 Å². The summed E-state index contributed by atoms with van der Waals surface area (Å²) < 4.78 is 5.76. The van der Waals surface area contributed by atoms with Gasteiger partial charge in [-0.1, -0.05) is 26.2 Å². The SMILES string of the molecule is CCCCNC(=O)C(C)OC1CCCCC1N. The molecule has 1 aliphatic rings. The smallest absolute Gasteiger partial charge is 0.248 e. The number of carbonyl (C=O) groups excluding carboxylic acids is 1. The number of amides is 1. The molecule has 0 aromatic heterocycles. The van der Waals surface area contributed by atoms with E-state index in [0.29, 0.717) is 0 Å². The van der Waals surface area contributed by atoms with Gasteiger partial charge in [0.2, 0.25) is 5.91 Å². The van der Waals surface area contributed by atoms with Crippen molar-refractivity contribution in [3.8, 4) is 0 Å². The predicted molar refractivity (Wildman–Crippen MR) is 68.7 cm³/mol. The van der Waals surface area contributed by atoms with E-state index in [2.05, 4.69) is 12.2 Å². The first kappa shape index (κ1) is 14.5. The Hall–Kier alpha value is -0.610. The van der Waals surface area contributed by atoms with Crippen molar-refractivity contribution in [3.63, 3.8) is 0 Å². The third-order valence-electron chi connectivity index (χ3n) is 3.33. The van der Waals surface area contributed by atoms with Crippen LogP contribution < -0.4 is 11.1 Å². The molecule has 3 atom stereocenters. The second-order valence-electron chi connectivity index (χ2n) is 4.91. The van der Waals surface area contributed by atoms with Gasteiger partial charge in [-0.15, -0.1) is 0 Å². The number of hydrogen-bond acceptors (Lipinski definition) is 3. The topological polar surface area (TPSA) is 64.3 Å². The summed E-state index contributed by atoms with van der Waals surface area (Å²) >= 11 is 0. The maximum absolute atomic E-state index is 11.7. The molecule has 1 rings (SSSR count). The highest BCUT2D eigenvalue weighted by Gasteiger charge is 2.26. The van der Waals surface area contributed by atoms with Gasteiger partial charge in [0.15, 0.2) is 0 Å². The first-order valence-corrected chi connectivity index (χ1v) is 6.84. The van der Waals surface area contributed by atoms with Gasteiger partial charge in [-0.05, 0) is 26.2 Å². The van der Waals surface area contributed by atoms with Crippen molar-refractivity contribution in [1.82, 2.24) is 5.32 Å². The minimum Gasteiger partial charge on any atom is -0.364 e. The van der Waals surface area contributed by atoms with Crippen molar-refractivity contribution in [1.29, 1.82) is 0 Å². The minimum absolute atomic E-state index is 0.0174. The van der Waals surface area contributed by atoms with E-state index in [0.717, 1.165) is 38.6 Å². The van der Waals surface area contributed by atoms with Crippen LogP contribution in [0.15, 0.2) is 0 Å². The molecule has 100 valence electrons. The van der Waals surface area contributed by atoms with Crippen LogP contribution in [-0.2, 0) is 9.53 Å². The summed E-state index contributed by atoms with van der Waals surface area (Å²) in [5.74, 6) is -0.0174. The summed E-state index contributed by atoms with van der Waals surface area (Å²) in [6, 6.07) is 0.0923. The highest BCUT2D eigenvalue weighted by molar-refractivity contribution is 5.80. The van der Waals surface area contributed by atoms with Gasteiger partial charge in [-0.25, -0.2) is 0 Å². The standard InChI is InChI=1S/C13H26N2O2/c1-3-4-9-15-13(16)10(2)17-12-8-6-5-7-11(12)14/h10-12H,3-9,14H2,1-2H3,(H,15,16). The molecular weight excluding hydrogens is 216 g/mol. The summed E-state index contributed by atoms with van der Waals surface area (Å²) in [7, 11) is 0. The first-order valence-electron chi connectivity index (χ1n) is 6.84. The number of rotatable bonds is 6. The Bertz CT molecular complexity index is 233. The van der Waals surface area contributed by atoms with E-state index in [1.165, 1.54) is 6.42 Å². The van der Waals surface area contributed by atoms with Crippen LogP contribution in [0.1, 0.15) is 52.4 Å². The summed E-state index contributed by atoms with van der Waals surface area (Å²) in [5.41, 5.74) is 5.99. The number of carbonyl (C=O) groups is 1. The molecule has 0 radical (unpaired) electrons. The number of nitrogens with one attached hydrogen (secondary N) is 1. The molecule has 1 saturated carbocycles. The lowest BCUT2D eigenvalue weighted by molar-refractivity contribution is -0.137. The van der Waals surface area contributed by atoms with Crippen LogP contribution >= 0.6 is 0 Å². The fourth-order valence-corrected chi connectivity index (χ4v) is 2.15. The normalized spacial score (nSPS) is 26.5. The predicted octanol–water partition coefficient (Wildman–Crippen LogP) is 1.58. The van der Waals surface area contributed by atoms with Crippen LogP contribution in [0.25, 0.3) is 0 Å². The number of ether oxygens (including phenoxy) is 1. The molecule has 0 heterocycles. The van der Waals surface area contributed by atoms with Gasteiger partial charge in [-0.3, -0.25) is 4.79 Å². The van der Waals surface area contributed by atoms with Crippen LogP contribution in [-0.4, -0.2) is 30.7 Å². The van der Waals surface area contributed by atoms with E-state index < -0.39 is 0 Å². The Morgan fingerprint density at radius 1 is 1.47 bits per heavy atom. The number of unbranched alkanes of at least 4 members (excludes halogenated alkanes) is 1. The molecule has 0 bridgehead atoms. The number of hydrogen-bond donors (Lipinski definition) is 2. The zero-order valence-electron chi connectivity index (χ0n) is 11.1. The monoisotopic (exact) mass is 242 g/mol. The van der Waals surface area contributed by atoms with Crippen LogP contribution in [0.3, 0.4) is 0 Å². The zero-order chi connectivity index (χ0) is 12.7. The molecule has 1 amide bonds. The molecule has 0 aliphatic heterocycles. The molecule has 0 spiro atoms. The molecule has 0 aromatic carbocycles. The van der Waals surface area contributed by atoms with Gasteiger partial charge >= 0.3 is 0 Å².